The summed E-state index contributed by atoms with van der Waals surface area (Å²) in [7, 11) is -4.88. The molecular weight excluding hydrogens is 271 g/mol. The van der Waals surface area contributed by atoms with Gasteiger partial charge in [0, 0.05) is 0 Å². The first kappa shape index (κ1) is 15.1. The molecule has 4 heteroatoms. The van der Waals surface area contributed by atoms with Crippen LogP contribution in [0.5, 0.6) is 0 Å². The van der Waals surface area contributed by atoms with Crippen LogP contribution in [-0.4, -0.2) is 14.7 Å². The topological polar surface area (TPSA) is 60.7 Å². The Morgan fingerprint density at radius 3 is 1.85 bits per heavy atom. The van der Waals surface area contributed by atoms with Crippen LogP contribution in [0.1, 0.15) is 22.3 Å². The van der Waals surface area contributed by atoms with Crippen molar-refractivity contribution in [1.29, 1.82) is 0 Å². The zero-order chi connectivity index (χ0) is 15.0. The van der Waals surface area contributed by atoms with Crippen LogP contribution in [0.3, 0.4) is 0 Å². The second-order valence-corrected chi connectivity index (χ2v) is 8.66. The third-order valence-corrected chi connectivity index (χ3v) is 5.83. The van der Waals surface area contributed by atoms with Gasteiger partial charge in [-0.1, -0.05) is 0 Å². The van der Waals surface area contributed by atoms with Crippen LogP contribution in [0.4, 0.5) is 0 Å². The number of hydrogen-bond donors (Lipinski definition) is 3. The number of benzene rings is 2. The van der Waals surface area contributed by atoms with Crippen LogP contribution >= 0.6 is 7.28 Å². The van der Waals surface area contributed by atoms with Crippen molar-refractivity contribution < 1.29 is 14.7 Å². The molecule has 0 aliphatic heterocycles. The molecule has 0 radical (unpaired) electrons. The van der Waals surface area contributed by atoms with Gasteiger partial charge in [-0.3, -0.25) is 0 Å². The summed E-state index contributed by atoms with van der Waals surface area (Å²) in [6.45, 7) is 5.84. The van der Waals surface area contributed by atoms with Crippen molar-refractivity contribution in [2.24, 2.45) is 0 Å². The monoisotopic (exact) mass is 292 g/mol. The molecular formula is C16H21O3P. The standard InChI is InChI=1S/C16H21O3P/c1-12-9-13(2)16(14(3)10-12)11-20(17,18,19)15-7-5-4-6-8-15/h4-10,17-19H,11H2,1-3H3. The molecule has 0 bridgehead atoms. The molecule has 0 aromatic heterocycles. The Kier molecular flexibility index (Phi) is 3.74. The van der Waals surface area contributed by atoms with Gasteiger partial charge in [0.15, 0.2) is 0 Å². The third-order valence-electron chi connectivity index (χ3n) is 3.57. The fraction of sp³-hybridized carbons (Fsp3) is 0.250. The summed E-state index contributed by atoms with van der Waals surface area (Å²) in [4.78, 5) is 31.4. The van der Waals surface area contributed by atoms with E-state index in [1.165, 1.54) is 0 Å². The van der Waals surface area contributed by atoms with Crippen molar-refractivity contribution in [3.8, 4) is 0 Å². The molecule has 3 N–H and O–H groups in total. The van der Waals surface area contributed by atoms with Gasteiger partial charge >= 0.3 is 119 Å². The van der Waals surface area contributed by atoms with Gasteiger partial charge in [-0.2, -0.15) is 0 Å². The van der Waals surface area contributed by atoms with Crippen molar-refractivity contribution in [3.63, 3.8) is 0 Å². The predicted octanol–water partition coefficient (Wildman–Crippen LogP) is 2.71. The summed E-state index contributed by atoms with van der Waals surface area (Å²) in [6, 6.07) is 12.2. The number of rotatable bonds is 3. The van der Waals surface area contributed by atoms with E-state index in [-0.39, 0.29) is 11.5 Å². The van der Waals surface area contributed by atoms with E-state index in [0.29, 0.717) is 0 Å². The summed E-state index contributed by atoms with van der Waals surface area (Å²) in [5.41, 5.74) is 3.84. The van der Waals surface area contributed by atoms with E-state index >= 15 is 0 Å². The Morgan fingerprint density at radius 1 is 0.850 bits per heavy atom. The molecule has 0 amide bonds. The molecule has 2 aromatic carbocycles. The van der Waals surface area contributed by atoms with Crippen molar-refractivity contribution >= 4 is 12.6 Å². The zero-order valence-electron chi connectivity index (χ0n) is 12.0. The molecule has 0 fully saturated rings. The van der Waals surface area contributed by atoms with Crippen LogP contribution in [0, 0.1) is 20.8 Å². The average Bonchev–Trinajstić information content (AvgIpc) is 2.35. The molecule has 2 rings (SSSR count). The molecule has 108 valence electrons. The van der Waals surface area contributed by atoms with E-state index in [9.17, 15) is 14.7 Å². The normalized spacial score (nSPS) is 13.8. The van der Waals surface area contributed by atoms with Crippen molar-refractivity contribution in [3.05, 3.63) is 64.7 Å². The Balaban J connectivity index is 2.48. The summed E-state index contributed by atoms with van der Waals surface area (Å²) in [6.07, 6.45) is -0.145. The molecule has 0 unspecified atom stereocenters. The molecule has 3 nitrogen and oxygen atoms in total. The molecule has 2 aromatic rings. The summed E-state index contributed by atoms with van der Waals surface area (Å²) in [5.74, 6) is 0. The van der Waals surface area contributed by atoms with Crippen molar-refractivity contribution in [2.45, 2.75) is 26.9 Å². The first-order valence-corrected chi connectivity index (χ1v) is 8.84. The summed E-state index contributed by atoms with van der Waals surface area (Å²) >= 11 is 0. The first-order chi connectivity index (χ1) is 9.17. The quantitative estimate of drug-likeness (QED) is 0.762. The molecule has 0 aliphatic rings. The molecule has 0 spiro atoms. The first-order valence-electron chi connectivity index (χ1n) is 6.56. The van der Waals surface area contributed by atoms with E-state index in [2.05, 4.69) is 0 Å². The predicted molar refractivity (Wildman–Crippen MR) is 84.0 cm³/mol. The van der Waals surface area contributed by atoms with Gasteiger partial charge in [0.25, 0.3) is 0 Å². The fourth-order valence-corrected chi connectivity index (χ4v) is 4.62. The minimum atomic E-state index is -4.88. The van der Waals surface area contributed by atoms with Crippen LogP contribution in [0.2, 0.25) is 0 Å². The Morgan fingerprint density at radius 2 is 1.35 bits per heavy atom. The fourth-order valence-electron chi connectivity index (χ4n) is 2.58. The van der Waals surface area contributed by atoms with Gasteiger partial charge in [-0.25, -0.2) is 0 Å². The Hall–Kier alpha value is -1.25. The SMILES string of the molecule is Cc1cc(C)c(CP(O)(O)(O)c2ccccc2)c(C)c1. The van der Waals surface area contributed by atoms with E-state index in [0.717, 1.165) is 22.3 Å². The van der Waals surface area contributed by atoms with E-state index in [4.69, 9.17) is 0 Å². The van der Waals surface area contributed by atoms with E-state index < -0.39 is 7.28 Å². The number of hydrogen-bond acceptors (Lipinski definition) is 3. The number of aryl methyl sites for hydroxylation is 3. The van der Waals surface area contributed by atoms with Gasteiger partial charge in [0.05, 0.1) is 0 Å². The Labute approximate surface area is 119 Å². The van der Waals surface area contributed by atoms with Gasteiger partial charge in [-0.05, 0) is 0 Å². The average molecular weight is 292 g/mol. The summed E-state index contributed by atoms with van der Waals surface area (Å²) < 4.78 is 0. The van der Waals surface area contributed by atoms with E-state index in [1.54, 1.807) is 30.3 Å². The summed E-state index contributed by atoms with van der Waals surface area (Å²) in [5, 5.41) is 0.192. The molecule has 0 saturated carbocycles. The van der Waals surface area contributed by atoms with Crippen molar-refractivity contribution in [1.82, 2.24) is 0 Å². The van der Waals surface area contributed by atoms with Crippen LogP contribution in [0.15, 0.2) is 42.5 Å². The van der Waals surface area contributed by atoms with Crippen LogP contribution in [0.25, 0.3) is 0 Å². The Bertz CT molecular complexity index is 604. The maximum absolute atomic E-state index is 10.5. The van der Waals surface area contributed by atoms with Gasteiger partial charge < -0.3 is 0 Å². The van der Waals surface area contributed by atoms with E-state index in [1.807, 2.05) is 32.9 Å². The second kappa shape index (κ2) is 4.94. The van der Waals surface area contributed by atoms with Gasteiger partial charge in [-0.15, -0.1) is 0 Å². The molecule has 0 heterocycles. The van der Waals surface area contributed by atoms with Gasteiger partial charge in [0.1, 0.15) is 0 Å². The minimum absolute atomic E-state index is 0.145. The zero-order valence-corrected chi connectivity index (χ0v) is 12.9. The molecule has 20 heavy (non-hydrogen) atoms. The van der Waals surface area contributed by atoms with Gasteiger partial charge in [0.2, 0.25) is 0 Å². The van der Waals surface area contributed by atoms with Crippen LogP contribution in [-0.2, 0) is 6.16 Å². The molecule has 0 saturated heterocycles. The van der Waals surface area contributed by atoms with Crippen molar-refractivity contribution in [2.75, 3.05) is 0 Å². The molecule has 0 aliphatic carbocycles. The molecule has 0 atom stereocenters. The van der Waals surface area contributed by atoms with Crippen LogP contribution < -0.4 is 5.30 Å². The second-order valence-electron chi connectivity index (χ2n) is 5.52. The third kappa shape index (κ3) is 3.08. The maximum atomic E-state index is 10.5.